The van der Waals surface area contributed by atoms with Crippen LogP contribution in [0.15, 0.2) is 35.9 Å². The summed E-state index contributed by atoms with van der Waals surface area (Å²) >= 11 is 0. The summed E-state index contributed by atoms with van der Waals surface area (Å²) in [5.74, 6) is 0.815. The molecule has 0 aromatic heterocycles. The molecule has 0 bridgehead atoms. The van der Waals surface area contributed by atoms with E-state index in [0.717, 1.165) is 16.9 Å². The van der Waals surface area contributed by atoms with Gasteiger partial charge in [-0.3, -0.25) is 0 Å². The predicted octanol–water partition coefficient (Wildman–Crippen LogP) is 2.69. The Labute approximate surface area is 90.2 Å². The molecule has 0 radical (unpaired) electrons. The van der Waals surface area contributed by atoms with E-state index in [1.165, 1.54) is 0 Å². The molecule has 15 heavy (non-hydrogen) atoms. The molecule has 0 unspecified atom stereocenters. The van der Waals surface area contributed by atoms with Crippen LogP contribution in [-0.2, 0) is 0 Å². The van der Waals surface area contributed by atoms with Crippen LogP contribution in [0.25, 0.3) is 0 Å². The zero-order valence-corrected chi connectivity index (χ0v) is 9.32. The number of allylic oxidation sites excluding steroid dienone is 1. The molecule has 0 spiro atoms. The van der Waals surface area contributed by atoms with E-state index in [2.05, 4.69) is 19.9 Å². The monoisotopic (exact) mass is 204 g/mol. The highest BCUT2D eigenvalue weighted by Gasteiger charge is 2.38. The standard InChI is InChI=1S/C13H16O2/c1-13(2)8-11(13)12(14)9-4-6-10(15-3)7-5-9/h4-8,12,14H,1-3H3/t12-/m1/s1. The minimum atomic E-state index is -0.467. The lowest BCUT2D eigenvalue weighted by Crippen LogP contribution is -2.02. The average molecular weight is 204 g/mol. The van der Waals surface area contributed by atoms with Crippen LogP contribution in [0.3, 0.4) is 0 Å². The summed E-state index contributed by atoms with van der Waals surface area (Å²) in [7, 11) is 1.64. The van der Waals surface area contributed by atoms with Crippen LogP contribution in [0.5, 0.6) is 5.75 Å². The number of hydrogen-bond donors (Lipinski definition) is 1. The molecule has 1 aromatic rings. The molecule has 0 saturated carbocycles. The van der Waals surface area contributed by atoms with E-state index in [0.29, 0.717) is 0 Å². The molecule has 0 heterocycles. The highest BCUT2D eigenvalue weighted by atomic mass is 16.5. The van der Waals surface area contributed by atoms with Crippen molar-refractivity contribution < 1.29 is 9.84 Å². The summed E-state index contributed by atoms with van der Waals surface area (Å²) in [6.07, 6.45) is 1.63. The van der Waals surface area contributed by atoms with Crippen LogP contribution >= 0.6 is 0 Å². The third-order valence-corrected chi connectivity index (χ3v) is 2.90. The molecule has 0 amide bonds. The van der Waals surface area contributed by atoms with Crippen LogP contribution in [0.4, 0.5) is 0 Å². The quantitative estimate of drug-likeness (QED) is 0.767. The molecule has 2 rings (SSSR count). The Balaban J connectivity index is 2.13. The van der Waals surface area contributed by atoms with Crippen molar-refractivity contribution >= 4 is 0 Å². The van der Waals surface area contributed by atoms with Crippen molar-refractivity contribution in [2.45, 2.75) is 20.0 Å². The summed E-state index contributed by atoms with van der Waals surface area (Å²) < 4.78 is 5.07. The average Bonchev–Trinajstić information content (AvgIpc) is 2.87. The summed E-state index contributed by atoms with van der Waals surface area (Å²) in [6, 6.07) is 7.54. The van der Waals surface area contributed by atoms with Gasteiger partial charge >= 0.3 is 0 Å². The SMILES string of the molecule is COc1ccc([C@@H](O)C2=CC2(C)C)cc1. The molecule has 80 valence electrons. The second-order valence-electron chi connectivity index (χ2n) is 4.50. The van der Waals surface area contributed by atoms with Gasteiger partial charge in [0, 0.05) is 5.41 Å². The maximum Gasteiger partial charge on any atom is 0.118 e. The van der Waals surface area contributed by atoms with Crippen molar-refractivity contribution in [2.75, 3.05) is 7.11 Å². The van der Waals surface area contributed by atoms with Crippen molar-refractivity contribution in [1.29, 1.82) is 0 Å². The van der Waals surface area contributed by atoms with Crippen molar-refractivity contribution in [3.05, 3.63) is 41.5 Å². The van der Waals surface area contributed by atoms with Gasteiger partial charge in [-0.15, -0.1) is 0 Å². The Morgan fingerprint density at radius 2 is 1.73 bits per heavy atom. The molecule has 1 N–H and O–H groups in total. The zero-order valence-electron chi connectivity index (χ0n) is 9.32. The van der Waals surface area contributed by atoms with Crippen LogP contribution in [-0.4, -0.2) is 12.2 Å². The normalized spacial score (nSPS) is 19.3. The highest BCUT2D eigenvalue weighted by molar-refractivity contribution is 5.44. The van der Waals surface area contributed by atoms with Gasteiger partial charge in [0.25, 0.3) is 0 Å². The predicted molar refractivity (Wildman–Crippen MR) is 59.8 cm³/mol. The Morgan fingerprint density at radius 3 is 2.13 bits per heavy atom. The lowest BCUT2D eigenvalue weighted by atomic mass is 9.98. The molecule has 0 fully saturated rings. The molecular formula is C13H16O2. The second-order valence-corrected chi connectivity index (χ2v) is 4.50. The molecule has 0 saturated heterocycles. The van der Waals surface area contributed by atoms with E-state index in [9.17, 15) is 5.11 Å². The van der Waals surface area contributed by atoms with Gasteiger partial charge in [0.1, 0.15) is 11.9 Å². The topological polar surface area (TPSA) is 29.5 Å². The van der Waals surface area contributed by atoms with Crippen LogP contribution < -0.4 is 4.74 Å². The number of rotatable bonds is 3. The largest absolute Gasteiger partial charge is 0.497 e. The first-order valence-electron chi connectivity index (χ1n) is 5.10. The van der Waals surface area contributed by atoms with Crippen LogP contribution in [0.2, 0.25) is 0 Å². The number of aliphatic hydroxyl groups excluding tert-OH is 1. The highest BCUT2D eigenvalue weighted by Crippen LogP contribution is 2.49. The number of hydrogen-bond acceptors (Lipinski definition) is 2. The second kappa shape index (κ2) is 3.38. The van der Waals surface area contributed by atoms with Crippen molar-refractivity contribution in [3.63, 3.8) is 0 Å². The molecule has 2 nitrogen and oxygen atoms in total. The van der Waals surface area contributed by atoms with Gasteiger partial charge in [-0.1, -0.05) is 32.1 Å². The molecule has 2 heteroatoms. The van der Waals surface area contributed by atoms with Gasteiger partial charge in [0.15, 0.2) is 0 Å². The number of aliphatic hydroxyl groups is 1. The van der Waals surface area contributed by atoms with Crippen LogP contribution in [0.1, 0.15) is 25.5 Å². The minimum Gasteiger partial charge on any atom is -0.497 e. The van der Waals surface area contributed by atoms with Gasteiger partial charge < -0.3 is 9.84 Å². The first-order chi connectivity index (χ1) is 7.04. The summed E-state index contributed by atoms with van der Waals surface area (Å²) in [4.78, 5) is 0. The van der Waals surface area contributed by atoms with Crippen molar-refractivity contribution in [3.8, 4) is 5.75 Å². The van der Waals surface area contributed by atoms with Gasteiger partial charge in [0.05, 0.1) is 7.11 Å². The Kier molecular flexibility index (Phi) is 2.31. The number of methoxy groups -OCH3 is 1. The molecule has 0 aliphatic heterocycles. The minimum absolute atomic E-state index is 0.0966. The van der Waals surface area contributed by atoms with Gasteiger partial charge in [0.2, 0.25) is 0 Å². The van der Waals surface area contributed by atoms with Gasteiger partial charge in [-0.25, -0.2) is 0 Å². The number of benzene rings is 1. The van der Waals surface area contributed by atoms with E-state index < -0.39 is 6.10 Å². The van der Waals surface area contributed by atoms with E-state index in [1.54, 1.807) is 7.11 Å². The van der Waals surface area contributed by atoms with E-state index in [1.807, 2.05) is 24.3 Å². The lowest BCUT2D eigenvalue weighted by molar-refractivity contribution is 0.211. The Hall–Kier alpha value is -1.28. The Bertz CT molecular complexity index is 388. The van der Waals surface area contributed by atoms with Gasteiger partial charge in [-0.05, 0) is 23.3 Å². The lowest BCUT2D eigenvalue weighted by Gasteiger charge is -2.12. The summed E-state index contributed by atoms with van der Waals surface area (Å²) in [5.41, 5.74) is 2.12. The van der Waals surface area contributed by atoms with Crippen LogP contribution in [0, 0.1) is 5.41 Å². The first-order valence-corrected chi connectivity index (χ1v) is 5.10. The van der Waals surface area contributed by atoms with E-state index >= 15 is 0 Å². The molecule has 1 aromatic carbocycles. The molecule has 1 aliphatic carbocycles. The van der Waals surface area contributed by atoms with Crippen molar-refractivity contribution in [1.82, 2.24) is 0 Å². The fraction of sp³-hybridized carbons (Fsp3) is 0.385. The molecular weight excluding hydrogens is 188 g/mol. The molecule has 1 aliphatic rings. The van der Waals surface area contributed by atoms with Gasteiger partial charge in [-0.2, -0.15) is 0 Å². The smallest absolute Gasteiger partial charge is 0.118 e. The maximum absolute atomic E-state index is 10.1. The Morgan fingerprint density at radius 1 is 1.20 bits per heavy atom. The molecule has 1 atom stereocenters. The van der Waals surface area contributed by atoms with E-state index in [-0.39, 0.29) is 5.41 Å². The maximum atomic E-state index is 10.1. The summed E-state index contributed by atoms with van der Waals surface area (Å²) in [5, 5.41) is 10.1. The third kappa shape index (κ3) is 1.90. The summed E-state index contributed by atoms with van der Waals surface area (Å²) in [6.45, 7) is 4.21. The fourth-order valence-electron chi connectivity index (χ4n) is 1.75. The van der Waals surface area contributed by atoms with Crippen molar-refractivity contribution in [2.24, 2.45) is 5.41 Å². The number of ether oxygens (including phenoxy) is 1. The zero-order chi connectivity index (χ0) is 11.1. The fourth-order valence-corrected chi connectivity index (χ4v) is 1.75. The van der Waals surface area contributed by atoms with E-state index in [4.69, 9.17) is 4.74 Å². The third-order valence-electron chi connectivity index (χ3n) is 2.90. The first kappa shape index (κ1) is 10.2.